The molecule has 1 aliphatic rings. The largest absolute Gasteiger partial charge is 0.501 e. The van der Waals surface area contributed by atoms with E-state index in [9.17, 15) is 0 Å². The number of aromatic nitrogens is 2. The summed E-state index contributed by atoms with van der Waals surface area (Å²) < 4.78 is 6.29. The second-order valence-corrected chi connectivity index (χ2v) is 11.4. The molecule has 4 heteroatoms. The van der Waals surface area contributed by atoms with Gasteiger partial charge < -0.3 is 14.4 Å². The quantitative estimate of drug-likeness (QED) is 0.170. The van der Waals surface area contributed by atoms with Crippen molar-refractivity contribution in [1.29, 1.82) is 0 Å². The number of furan rings is 1. The summed E-state index contributed by atoms with van der Waals surface area (Å²) >= 11 is 0. The molecule has 2 atom stereocenters. The number of aryl methyl sites for hydroxylation is 1. The maximum Gasteiger partial charge on any atom is 0.120 e. The van der Waals surface area contributed by atoms with Gasteiger partial charge in [0.15, 0.2) is 0 Å². The van der Waals surface area contributed by atoms with Crippen LogP contribution in [-0.2, 0) is 20.1 Å². The molecule has 0 aliphatic heterocycles. The molecule has 1 aliphatic carbocycles. The summed E-state index contributed by atoms with van der Waals surface area (Å²) in [7, 11) is 0. The van der Waals surface area contributed by atoms with E-state index in [2.05, 4.69) is 73.4 Å². The number of pyridine rings is 2. The third kappa shape index (κ3) is 5.91. The number of rotatable bonds is 3. The van der Waals surface area contributed by atoms with Gasteiger partial charge in [0.25, 0.3) is 0 Å². The van der Waals surface area contributed by atoms with E-state index >= 15 is 0 Å². The summed E-state index contributed by atoms with van der Waals surface area (Å²) in [6, 6.07) is 39.8. The van der Waals surface area contributed by atoms with Crippen molar-refractivity contribution in [2.75, 3.05) is 0 Å². The predicted octanol–water partition coefficient (Wildman–Crippen LogP) is 10.4. The van der Waals surface area contributed by atoms with Crippen LogP contribution in [0, 0.1) is 25.0 Å². The first kappa shape index (κ1) is 29.0. The van der Waals surface area contributed by atoms with Gasteiger partial charge in [-0.2, -0.15) is 0 Å². The molecule has 2 unspecified atom stereocenters. The summed E-state index contributed by atoms with van der Waals surface area (Å²) in [4.78, 5) is 9.00. The van der Waals surface area contributed by atoms with Gasteiger partial charge in [0, 0.05) is 37.9 Å². The number of hydrogen-bond acceptors (Lipinski definition) is 3. The zero-order valence-corrected chi connectivity index (χ0v) is 26.7. The Labute approximate surface area is 266 Å². The molecule has 8 rings (SSSR count). The minimum atomic E-state index is 0. The van der Waals surface area contributed by atoms with Gasteiger partial charge in [-0.3, -0.25) is 0 Å². The van der Waals surface area contributed by atoms with E-state index in [0.29, 0.717) is 5.92 Å². The fourth-order valence-corrected chi connectivity index (χ4v) is 6.30. The van der Waals surface area contributed by atoms with E-state index in [4.69, 9.17) is 9.40 Å². The molecule has 1 fully saturated rings. The van der Waals surface area contributed by atoms with Crippen LogP contribution in [0.4, 0.5) is 0 Å². The molecule has 0 N–H and O–H groups in total. The zero-order valence-electron chi connectivity index (χ0n) is 24.3. The Balaban J connectivity index is 0.000000213. The van der Waals surface area contributed by atoms with Crippen LogP contribution >= 0.6 is 0 Å². The maximum atomic E-state index is 6.29. The molecule has 1 saturated carbocycles. The number of fused-ring (bicyclic) bond motifs is 4. The van der Waals surface area contributed by atoms with Gasteiger partial charge in [0.05, 0.1) is 5.58 Å². The number of benzene rings is 4. The van der Waals surface area contributed by atoms with E-state index in [1.807, 2.05) is 60.8 Å². The average molecular weight is 737 g/mol. The molecular weight excluding hydrogens is 705 g/mol. The van der Waals surface area contributed by atoms with Gasteiger partial charge >= 0.3 is 0 Å². The van der Waals surface area contributed by atoms with Crippen LogP contribution in [-0.4, -0.2) is 9.97 Å². The van der Waals surface area contributed by atoms with Crippen LogP contribution in [0.15, 0.2) is 114 Å². The van der Waals surface area contributed by atoms with Crippen molar-refractivity contribution in [2.24, 2.45) is 5.92 Å². The molecule has 3 aromatic heterocycles. The molecule has 3 nitrogen and oxygen atoms in total. The minimum Gasteiger partial charge on any atom is -0.501 e. The third-order valence-electron chi connectivity index (χ3n) is 8.39. The van der Waals surface area contributed by atoms with Crippen molar-refractivity contribution in [1.82, 2.24) is 9.97 Å². The molecule has 7 aromatic rings. The van der Waals surface area contributed by atoms with Crippen molar-refractivity contribution < 1.29 is 24.5 Å². The van der Waals surface area contributed by atoms with Gasteiger partial charge in [0.1, 0.15) is 5.58 Å². The molecule has 215 valence electrons. The second-order valence-electron chi connectivity index (χ2n) is 11.4. The molecule has 3 heterocycles. The predicted molar refractivity (Wildman–Crippen MR) is 172 cm³/mol. The molecule has 43 heavy (non-hydrogen) atoms. The second kappa shape index (κ2) is 12.6. The topological polar surface area (TPSA) is 38.9 Å². The summed E-state index contributed by atoms with van der Waals surface area (Å²) in [5.41, 5.74) is 8.25. The SMILES string of the molecule is Cc1[c-]c(-c2nccc3cc(C4CCC(C)C4)ccc23)c2oc3ccccc3c2c1.[Ir].[c-]1ccccc1-c1ccccn1. The van der Waals surface area contributed by atoms with Gasteiger partial charge in [0.2, 0.25) is 0 Å². The van der Waals surface area contributed by atoms with Crippen molar-refractivity contribution in [3.63, 3.8) is 0 Å². The molecule has 0 bridgehead atoms. The van der Waals surface area contributed by atoms with Crippen LogP contribution in [0.5, 0.6) is 0 Å². The standard InChI is InChI=1S/C28H24NO.C11H8N.Ir/c1-17-7-8-19(13-17)20-9-10-22-21(16-20)11-12-29-27(22)25-15-18(2)14-24-23-5-3-4-6-26(23)30-28(24)25;1-2-6-10(7-3-1)11-8-4-5-9-12-11;/h3-6,9-12,14,16-17,19H,7-8,13H2,1-2H3;1-6,8-9H;/q2*-1;. The third-order valence-corrected chi connectivity index (χ3v) is 8.39. The monoisotopic (exact) mass is 737 g/mol. The number of nitrogens with zero attached hydrogens (tertiary/aromatic N) is 2. The summed E-state index contributed by atoms with van der Waals surface area (Å²) in [6.07, 6.45) is 7.65. The maximum absolute atomic E-state index is 6.29. The van der Waals surface area contributed by atoms with Crippen LogP contribution < -0.4 is 0 Å². The van der Waals surface area contributed by atoms with Crippen molar-refractivity contribution in [2.45, 2.75) is 39.0 Å². The fourth-order valence-electron chi connectivity index (χ4n) is 6.30. The van der Waals surface area contributed by atoms with Gasteiger partial charge in [-0.15, -0.1) is 53.6 Å². The molecule has 0 amide bonds. The van der Waals surface area contributed by atoms with Crippen LogP contribution in [0.3, 0.4) is 0 Å². The first-order chi connectivity index (χ1) is 20.6. The van der Waals surface area contributed by atoms with Crippen LogP contribution in [0.2, 0.25) is 0 Å². The van der Waals surface area contributed by atoms with Crippen LogP contribution in [0.1, 0.15) is 43.2 Å². The van der Waals surface area contributed by atoms with Gasteiger partial charge in [-0.05, 0) is 70.6 Å². The fraction of sp³-hybridized carbons (Fsp3) is 0.179. The molecule has 4 aromatic carbocycles. The van der Waals surface area contributed by atoms with E-state index in [1.54, 1.807) is 6.20 Å². The molecule has 1 radical (unpaired) electrons. The zero-order chi connectivity index (χ0) is 28.5. The average Bonchev–Trinajstić information content (AvgIpc) is 3.65. The smallest absolute Gasteiger partial charge is 0.120 e. The van der Waals surface area contributed by atoms with Gasteiger partial charge in [-0.1, -0.05) is 79.7 Å². The van der Waals surface area contributed by atoms with Crippen molar-refractivity contribution in [3.8, 4) is 22.5 Å². The van der Waals surface area contributed by atoms with E-state index in [0.717, 1.165) is 61.3 Å². The first-order valence-electron chi connectivity index (χ1n) is 14.8. The van der Waals surface area contributed by atoms with E-state index in [1.165, 1.54) is 30.2 Å². The number of para-hydroxylation sites is 1. The number of hydrogen-bond donors (Lipinski definition) is 0. The Morgan fingerprint density at radius 2 is 1.65 bits per heavy atom. The Hall–Kier alpha value is -4.11. The van der Waals surface area contributed by atoms with E-state index in [-0.39, 0.29) is 20.1 Å². The molecule has 0 saturated heterocycles. The van der Waals surface area contributed by atoms with Crippen LogP contribution in [0.25, 0.3) is 55.2 Å². The summed E-state index contributed by atoms with van der Waals surface area (Å²) in [5, 5.41) is 4.68. The Morgan fingerprint density at radius 1 is 0.791 bits per heavy atom. The van der Waals surface area contributed by atoms with Crippen molar-refractivity contribution in [3.05, 3.63) is 133 Å². The molecular formula is C39H32IrN2O-2. The Kier molecular flexibility index (Phi) is 8.51. The Morgan fingerprint density at radius 3 is 2.44 bits per heavy atom. The Bertz CT molecular complexity index is 1960. The van der Waals surface area contributed by atoms with E-state index < -0.39 is 0 Å². The summed E-state index contributed by atoms with van der Waals surface area (Å²) in [5.74, 6) is 1.52. The minimum absolute atomic E-state index is 0. The normalized spacial score (nSPS) is 16.1. The molecule has 0 spiro atoms. The summed E-state index contributed by atoms with van der Waals surface area (Å²) in [6.45, 7) is 4.46. The van der Waals surface area contributed by atoms with Gasteiger partial charge in [-0.25, -0.2) is 0 Å². The van der Waals surface area contributed by atoms with Crippen molar-refractivity contribution >= 4 is 32.7 Å². The first-order valence-corrected chi connectivity index (χ1v) is 14.8.